The van der Waals surface area contributed by atoms with Crippen molar-refractivity contribution in [1.82, 2.24) is 0 Å². The lowest BCUT2D eigenvalue weighted by atomic mass is 9.97. The summed E-state index contributed by atoms with van der Waals surface area (Å²) >= 11 is 6.49. The van der Waals surface area contributed by atoms with Gasteiger partial charge in [-0.05, 0) is 55.0 Å². The van der Waals surface area contributed by atoms with Crippen molar-refractivity contribution in [1.29, 1.82) is 0 Å². The zero-order chi connectivity index (χ0) is 22.2. The topological polar surface area (TPSA) is 57.1 Å². The summed E-state index contributed by atoms with van der Waals surface area (Å²) in [7, 11) is 0. The standard InChI is InChI=1S/C25H28ClNO4/c1-4-30-27-17(2)20-10-8-19(9-11-20)14-22-15-21(12-13-24(22)26)25-7-5-6-23(31-25)16-29-18(3)28/h5-6,8-13,15,23,25H,4,7,14,16H2,1-3H3/t23-,25+/m1/s1. The Morgan fingerprint density at radius 3 is 2.68 bits per heavy atom. The molecule has 0 fully saturated rings. The van der Waals surface area contributed by atoms with Crippen LogP contribution in [0, 0.1) is 0 Å². The van der Waals surface area contributed by atoms with E-state index >= 15 is 0 Å². The highest BCUT2D eigenvalue weighted by molar-refractivity contribution is 6.31. The van der Waals surface area contributed by atoms with Gasteiger partial charge in [0.15, 0.2) is 0 Å². The maximum atomic E-state index is 11.1. The normalized spacial score (nSPS) is 18.6. The van der Waals surface area contributed by atoms with E-state index in [-0.39, 0.29) is 24.8 Å². The SMILES string of the molecule is CCON=C(C)c1ccc(Cc2cc([C@@H]3CC=C[C@H](COC(C)=O)O3)ccc2Cl)cc1. The first kappa shape index (κ1) is 23.0. The van der Waals surface area contributed by atoms with Crippen LogP contribution in [0.4, 0.5) is 0 Å². The summed E-state index contributed by atoms with van der Waals surface area (Å²) < 4.78 is 11.2. The summed E-state index contributed by atoms with van der Waals surface area (Å²) in [5, 5.41) is 4.81. The van der Waals surface area contributed by atoms with Gasteiger partial charge in [0, 0.05) is 11.9 Å². The van der Waals surface area contributed by atoms with Gasteiger partial charge in [-0.3, -0.25) is 4.79 Å². The first-order chi connectivity index (χ1) is 15.0. The Morgan fingerprint density at radius 1 is 1.19 bits per heavy atom. The fourth-order valence-corrected chi connectivity index (χ4v) is 3.59. The number of hydrogen-bond donors (Lipinski definition) is 0. The zero-order valence-electron chi connectivity index (χ0n) is 18.1. The highest BCUT2D eigenvalue weighted by atomic mass is 35.5. The first-order valence-electron chi connectivity index (χ1n) is 10.5. The van der Waals surface area contributed by atoms with E-state index in [4.69, 9.17) is 25.9 Å². The molecule has 2 atom stereocenters. The molecule has 0 saturated heterocycles. The minimum atomic E-state index is -0.307. The van der Waals surface area contributed by atoms with Crippen LogP contribution in [0.1, 0.15) is 55.5 Å². The van der Waals surface area contributed by atoms with Gasteiger partial charge in [-0.1, -0.05) is 65.3 Å². The molecule has 3 rings (SSSR count). The molecule has 0 radical (unpaired) electrons. The van der Waals surface area contributed by atoms with E-state index in [2.05, 4.69) is 29.4 Å². The number of rotatable bonds is 8. The third-order valence-electron chi connectivity index (χ3n) is 5.03. The summed E-state index contributed by atoms with van der Waals surface area (Å²) in [5.41, 5.74) is 5.14. The van der Waals surface area contributed by atoms with E-state index < -0.39 is 0 Å². The molecule has 6 heteroatoms. The van der Waals surface area contributed by atoms with E-state index in [1.165, 1.54) is 6.92 Å². The summed E-state index contributed by atoms with van der Waals surface area (Å²) in [5.74, 6) is -0.307. The van der Waals surface area contributed by atoms with Gasteiger partial charge in [0.05, 0.1) is 11.8 Å². The van der Waals surface area contributed by atoms with Gasteiger partial charge in [0.1, 0.15) is 19.3 Å². The third-order valence-corrected chi connectivity index (χ3v) is 5.40. The zero-order valence-corrected chi connectivity index (χ0v) is 18.9. The molecule has 0 bridgehead atoms. The molecule has 0 spiro atoms. The lowest BCUT2D eigenvalue weighted by Crippen LogP contribution is -2.24. The van der Waals surface area contributed by atoms with Crippen LogP contribution in [0.3, 0.4) is 0 Å². The maximum absolute atomic E-state index is 11.1. The molecule has 0 unspecified atom stereocenters. The molecule has 0 aromatic heterocycles. The molecule has 5 nitrogen and oxygen atoms in total. The highest BCUT2D eigenvalue weighted by Gasteiger charge is 2.21. The van der Waals surface area contributed by atoms with Gasteiger partial charge in [-0.15, -0.1) is 0 Å². The maximum Gasteiger partial charge on any atom is 0.302 e. The predicted molar refractivity (Wildman–Crippen MR) is 123 cm³/mol. The van der Waals surface area contributed by atoms with Crippen molar-refractivity contribution in [2.75, 3.05) is 13.2 Å². The Morgan fingerprint density at radius 2 is 1.97 bits per heavy atom. The molecule has 0 saturated carbocycles. The van der Waals surface area contributed by atoms with Gasteiger partial charge < -0.3 is 14.3 Å². The molecule has 1 aliphatic heterocycles. The molecule has 1 heterocycles. The van der Waals surface area contributed by atoms with Crippen molar-refractivity contribution < 1.29 is 19.1 Å². The summed E-state index contributed by atoms with van der Waals surface area (Å²) in [6.07, 6.45) is 5.16. The van der Waals surface area contributed by atoms with E-state index in [1.807, 2.05) is 44.2 Å². The Labute approximate surface area is 188 Å². The Balaban J connectivity index is 1.70. The Bertz CT molecular complexity index is 952. The second-order valence-electron chi connectivity index (χ2n) is 7.45. The molecule has 0 aliphatic carbocycles. The van der Waals surface area contributed by atoms with Crippen LogP contribution in [0.25, 0.3) is 0 Å². The van der Waals surface area contributed by atoms with Gasteiger partial charge in [-0.25, -0.2) is 0 Å². The molecule has 2 aromatic carbocycles. The average molecular weight is 442 g/mol. The lowest BCUT2D eigenvalue weighted by Gasteiger charge is -2.26. The van der Waals surface area contributed by atoms with Crippen LogP contribution in [0.5, 0.6) is 0 Å². The number of halogens is 1. The van der Waals surface area contributed by atoms with Gasteiger partial charge in [0.25, 0.3) is 0 Å². The largest absolute Gasteiger partial charge is 0.463 e. The smallest absolute Gasteiger partial charge is 0.302 e. The van der Waals surface area contributed by atoms with E-state index in [1.54, 1.807) is 0 Å². The molecular weight excluding hydrogens is 414 g/mol. The number of ether oxygens (including phenoxy) is 2. The quantitative estimate of drug-likeness (QED) is 0.230. The van der Waals surface area contributed by atoms with Crippen molar-refractivity contribution in [2.24, 2.45) is 5.16 Å². The van der Waals surface area contributed by atoms with E-state index in [9.17, 15) is 4.79 Å². The lowest BCUT2D eigenvalue weighted by molar-refractivity contribution is -0.145. The van der Waals surface area contributed by atoms with Crippen molar-refractivity contribution in [3.8, 4) is 0 Å². The fourth-order valence-electron chi connectivity index (χ4n) is 3.40. The predicted octanol–water partition coefficient (Wildman–Crippen LogP) is 5.64. The Hall–Kier alpha value is -2.63. The number of carbonyl (C=O) groups is 1. The van der Waals surface area contributed by atoms with Gasteiger partial charge in [-0.2, -0.15) is 0 Å². The monoisotopic (exact) mass is 441 g/mol. The van der Waals surface area contributed by atoms with Crippen LogP contribution in [0.15, 0.2) is 59.8 Å². The van der Waals surface area contributed by atoms with Crippen LogP contribution in [-0.2, 0) is 25.5 Å². The molecule has 164 valence electrons. The highest BCUT2D eigenvalue weighted by Crippen LogP contribution is 2.31. The number of benzene rings is 2. The molecule has 0 N–H and O–H groups in total. The van der Waals surface area contributed by atoms with Gasteiger partial charge >= 0.3 is 5.97 Å². The number of hydrogen-bond acceptors (Lipinski definition) is 5. The fraction of sp³-hybridized carbons (Fsp3) is 0.360. The molecule has 2 aromatic rings. The molecular formula is C25H28ClNO4. The minimum Gasteiger partial charge on any atom is -0.463 e. The Kier molecular flexibility index (Phi) is 8.27. The number of carbonyl (C=O) groups excluding carboxylic acids is 1. The van der Waals surface area contributed by atoms with Crippen LogP contribution >= 0.6 is 11.6 Å². The van der Waals surface area contributed by atoms with Crippen molar-refractivity contribution in [3.63, 3.8) is 0 Å². The summed E-state index contributed by atoms with van der Waals surface area (Å²) in [4.78, 5) is 16.2. The first-order valence-corrected chi connectivity index (χ1v) is 10.8. The molecule has 0 amide bonds. The second kappa shape index (κ2) is 11.1. The summed E-state index contributed by atoms with van der Waals surface area (Å²) in [6.45, 7) is 6.01. The van der Waals surface area contributed by atoms with Crippen molar-refractivity contribution in [2.45, 2.75) is 45.8 Å². The average Bonchev–Trinajstić information content (AvgIpc) is 2.78. The number of esters is 1. The van der Waals surface area contributed by atoms with Crippen LogP contribution in [0.2, 0.25) is 5.02 Å². The second-order valence-corrected chi connectivity index (χ2v) is 7.86. The van der Waals surface area contributed by atoms with E-state index in [0.29, 0.717) is 13.0 Å². The van der Waals surface area contributed by atoms with Crippen LogP contribution < -0.4 is 0 Å². The number of nitrogens with zero attached hydrogens (tertiary/aromatic N) is 1. The van der Waals surface area contributed by atoms with Crippen LogP contribution in [-0.4, -0.2) is 31.0 Å². The van der Waals surface area contributed by atoms with Gasteiger partial charge in [0.2, 0.25) is 0 Å². The summed E-state index contributed by atoms with van der Waals surface area (Å²) in [6, 6.07) is 14.3. The van der Waals surface area contributed by atoms with E-state index in [0.717, 1.165) is 39.4 Å². The van der Waals surface area contributed by atoms with Crippen molar-refractivity contribution in [3.05, 3.63) is 81.9 Å². The van der Waals surface area contributed by atoms with Crippen molar-refractivity contribution >= 4 is 23.3 Å². The third kappa shape index (κ3) is 6.68. The molecule has 1 aliphatic rings. The minimum absolute atomic E-state index is 0.0959. The number of oxime groups is 1. The molecule has 31 heavy (non-hydrogen) atoms.